The molecule has 0 aliphatic heterocycles. The Hall–Kier alpha value is -8.15. The zero-order valence-corrected chi connectivity index (χ0v) is 30.5. The van der Waals surface area contributed by atoms with E-state index in [0.717, 1.165) is 48.5 Å². The summed E-state index contributed by atoms with van der Waals surface area (Å²) in [7, 11) is 6.38. The first-order valence-corrected chi connectivity index (χ1v) is 16.5. The number of nitrogens with zero attached hydrogens (tertiary/aromatic N) is 6. The molecule has 1 heterocycles. The normalized spacial score (nSPS) is 11.4. The molecule has 0 radical (unpaired) electrons. The minimum Gasteiger partial charge on any atom is -0.456 e. The highest BCUT2D eigenvalue weighted by Crippen LogP contribution is 2.37. The lowest BCUT2D eigenvalue weighted by molar-refractivity contribution is -0.385. The van der Waals surface area contributed by atoms with Crippen LogP contribution in [0.15, 0.2) is 119 Å². The molecule has 18 nitrogen and oxygen atoms in total. The SMILES string of the molecule is CN(C)/C=C(\C(=O)c1ccc([N+](=O)[O-])cc1)c1ccc(-c2cc(=O)cc(-c3ccc(/C(=C/N(C)C)C(=O)c4ccc([N+](=O)[O-])cc4)c([N+](=O)[O-])c3)o2)cc1[N+](=O)[O-]. The Morgan fingerprint density at radius 2 is 0.877 bits per heavy atom. The standard InChI is InChI=1S/C39H30N6O12/c1-40(2)21-32(38(47)23-5-11-27(12-6-23)42(49)50)30-15-9-25(17-34(30)44(53)54)36-19-29(46)20-37(57-36)26-10-16-31(35(18-26)45(55)56)33(22-41(3)4)39(48)24-7-13-28(14-8-24)43(51)52/h5-22H,1-4H3/b32-21-,33-22-. The first-order valence-electron chi connectivity index (χ1n) is 16.5. The largest absolute Gasteiger partial charge is 0.456 e. The van der Waals surface area contributed by atoms with Crippen molar-refractivity contribution in [1.29, 1.82) is 0 Å². The van der Waals surface area contributed by atoms with Crippen LogP contribution in [0, 0.1) is 40.5 Å². The van der Waals surface area contributed by atoms with Crippen LogP contribution in [-0.4, -0.2) is 69.3 Å². The van der Waals surface area contributed by atoms with Gasteiger partial charge in [0.15, 0.2) is 17.0 Å². The molecule has 0 saturated heterocycles. The van der Waals surface area contributed by atoms with Crippen LogP contribution in [0.2, 0.25) is 0 Å². The van der Waals surface area contributed by atoms with Crippen molar-refractivity contribution in [3.63, 3.8) is 0 Å². The number of hydrogen-bond donors (Lipinski definition) is 0. The molecule has 0 amide bonds. The Balaban J connectivity index is 1.57. The van der Waals surface area contributed by atoms with Gasteiger partial charge < -0.3 is 14.2 Å². The van der Waals surface area contributed by atoms with Crippen LogP contribution in [-0.2, 0) is 0 Å². The molecule has 18 heteroatoms. The molecule has 0 aliphatic carbocycles. The number of rotatable bonds is 14. The number of ketones is 2. The van der Waals surface area contributed by atoms with Crippen LogP contribution in [0.4, 0.5) is 22.7 Å². The number of non-ortho nitro benzene ring substituents is 2. The zero-order valence-electron chi connectivity index (χ0n) is 30.5. The number of nitro benzene ring substituents is 4. The molecular weight excluding hydrogens is 744 g/mol. The summed E-state index contributed by atoms with van der Waals surface area (Å²) >= 11 is 0. The molecule has 4 aromatic carbocycles. The third-order valence-corrected chi connectivity index (χ3v) is 8.25. The summed E-state index contributed by atoms with van der Waals surface area (Å²) in [6, 6.07) is 19.1. The van der Waals surface area contributed by atoms with E-state index in [2.05, 4.69) is 0 Å². The quantitative estimate of drug-likeness (QED) is 0.0470. The second-order valence-corrected chi connectivity index (χ2v) is 12.8. The van der Waals surface area contributed by atoms with Crippen LogP contribution in [0.1, 0.15) is 31.8 Å². The van der Waals surface area contributed by atoms with Crippen LogP contribution >= 0.6 is 0 Å². The highest BCUT2D eigenvalue weighted by atomic mass is 16.6. The lowest BCUT2D eigenvalue weighted by Crippen LogP contribution is -2.11. The van der Waals surface area contributed by atoms with Gasteiger partial charge in [-0.15, -0.1) is 0 Å². The molecule has 0 atom stereocenters. The fourth-order valence-electron chi connectivity index (χ4n) is 5.69. The fraction of sp³-hybridized carbons (Fsp3) is 0.103. The first kappa shape index (κ1) is 40.0. The summed E-state index contributed by atoms with van der Waals surface area (Å²) < 4.78 is 5.99. The first-order chi connectivity index (χ1) is 26.9. The van der Waals surface area contributed by atoms with Crippen molar-refractivity contribution in [3.8, 4) is 22.6 Å². The Morgan fingerprint density at radius 3 is 1.18 bits per heavy atom. The molecule has 288 valence electrons. The van der Waals surface area contributed by atoms with E-state index in [9.17, 15) is 54.8 Å². The molecule has 5 aromatic rings. The number of Topliss-reactive ketones (excluding diaryl/α,β-unsaturated/α-hetero) is 2. The van der Waals surface area contributed by atoms with Crippen molar-refractivity contribution in [1.82, 2.24) is 9.80 Å². The van der Waals surface area contributed by atoms with Gasteiger partial charge in [-0.25, -0.2) is 0 Å². The number of benzene rings is 4. The van der Waals surface area contributed by atoms with Crippen molar-refractivity contribution in [2.45, 2.75) is 0 Å². The van der Waals surface area contributed by atoms with Gasteiger partial charge in [0, 0.05) is 111 Å². The number of nitro groups is 4. The molecular formula is C39H30N6O12. The molecule has 1 aromatic heterocycles. The van der Waals surface area contributed by atoms with Crippen molar-refractivity contribution in [2.24, 2.45) is 0 Å². The Labute approximate surface area is 321 Å². The summed E-state index contributed by atoms with van der Waals surface area (Å²) in [5.41, 5.74) is -2.46. The van der Waals surface area contributed by atoms with Crippen LogP contribution in [0.5, 0.6) is 0 Å². The topological polar surface area (TPSA) is 243 Å². The van der Waals surface area contributed by atoms with Gasteiger partial charge in [0.25, 0.3) is 22.7 Å². The molecule has 0 unspecified atom stereocenters. The Morgan fingerprint density at radius 1 is 0.526 bits per heavy atom. The van der Waals surface area contributed by atoms with Gasteiger partial charge in [0.05, 0.1) is 42.0 Å². The van der Waals surface area contributed by atoms with Gasteiger partial charge in [-0.1, -0.05) is 12.1 Å². The second-order valence-electron chi connectivity index (χ2n) is 12.8. The average molecular weight is 775 g/mol. The maximum atomic E-state index is 13.6. The van der Waals surface area contributed by atoms with Gasteiger partial charge in [-0.3, -0.25) is 54.8 Å². The van der Waals surface area contributed by atoms with Gasteiger partial charge >= 0.3 is 0 Å². The lowest BCUT2D eigenvalue weighted by Gasteiger charge is -2.14. The molecule has 5 rings (SSSR count). The number of carbonyl (C=O) groups excluding carboxylic acids is 2. The minimum atomic E-state index is -0.730. The van der Waals surface area contributed by atoms with E-state index in [-0.39, 0.29) is 67.4 Å². The fourth-order valence-corrected chi connectivity index (χ4v) is 5.69. The number of hydrogen-bond acceptors (Lipinski definition) is 14. The third kappa shape index (κ3) is 8.98. The predicted octanol–water partition coefficient (Wildman–Crippen LogP) is 7.18. The average Bonchev–Trinajstić information content (AvgIpc) is 3.17. The van der Waals surface area contributed by atoms with E-state index in [1.54, 1.807) is 28.2 Å². The second kappa shape index (κ2) is 16.5. The van der Waals surface area contributed by atoms with Crippen molar-refractivity contribution in [2.75, 3.05) is 28.2 Å². The summed E-state index contributed by atoms with van der Waals surface area (Å²) in [5, 5.41) is 47.1. The highest BCUT2D eigenvalue weighted by Gasteiger charge is 2.27. The van der Waals surface area contributed by atoms with Gasteiger partial charge in [0.2, 0.25) is 0 Å². The summed E-state index contributed by atoms with van der Waals surface area (Å²) in [5.74, 6) is -1.63. The van der Waals surface area contributed by atoms with Gasteiger partial charge in [-0.05, 0) is 36.4 Å². The molecule has 0 aliphatic rings. The summed E-state index contributed by atoms with van der Waals surface area (Å²) in [6.45, 7) is 0. The predicted molar refractivity (Wildman–Crippen MR) is 207 cm³/mol. The Bertz CT molecular complexity index is 2420. The van der Waals surface area contributed by atoms with Gasteiger partial charge in [0.1, 0.15) is 11.5 Å². The lowest BCUT2D eigenvalue weighted by atomic mass is 9.94. The van der Waals surface area contributed by atoms with Crippen molar-refractivity contribution >= 4 is 45.5 Å². The zero-order chi connectivity index (χ0) is 41.7. The van der Waals surface area contributed by atoms with E-state index in [4.69, 9.17) is 4.42 Å². The molecule has 57 heavy (non-hydrogen) atoms. The van der Waals surface area contributed by atoms with Crippen molar-refractivity contribution in [3.05, 3.63) is 182 Å². The Kier molecular flexibility index (Phi) is 11.6. The van der Waals surface area contributed by atoms with Crippen LogP contribution in [0.3, 0.4) is 0 Å². The smallest absolute Gasteiger partial charge is 0.278 e. The van der Waals surface area contributed by atoms with E-state index in [1.165, 1.54) is 70.7 Å². The molecule has 0 spiro atoms. The van der Waals surface area contributed by atoms with E-state index in [1.807, 2.05) is 0 Å². The minimum absolute atomic E-state index is 0.0333. The summed E-state index contributed by atoms with van der Waals surface area (Å²) in [4.78, 5) is 87.6. The molecule has 0 fully saturated rings. The number of carbonyl (C=O) groups is 2. The third-order valence-electron chi connectivity index (χ3n) is 8.25. The molecule has 0 bridgehead atoms. The van der Waals surface area contributed by atoms with Crippen LogP contribution in [0.25, 0.3) is 33.8 Å². The van der Waals surface area contributed by atoms with Gasteiger partial charge in [-0.2, -0.15) is 0 Å². The maximum absolute atomic E-state index is 13.6. The summed E-state index contributed by atoms with van der Waals surface area (Å²) in [6.07, 6.45) is 2.73. The maximum Gasteiger partial charge on any atom is 0.278 e. The van der Waals surface area contributed by atoms with E-state index < -0.39 is 48.1 Å². The highest BCUT2D eigenvalue weighted by molar-refractivity contribution is 6.30. The molecule has 0 N–H and O–H groups in total. The molecule has 0 saturated carbocycles. The van der Waals surface area contributed by atoms with E-state index in [0.29, 0.717) is 0 Å². The number of allylic oxidation sites excluding steroid dienone is 2. The van der Waals surface area contributed by atoms with Crippen LogP contribution < -0.4 is 5.43 Å². The van der Waals surface area contributed by atoms with E-state index >= 15 is 0 Å². The monoisotopic (exact) mass is 774 g/mol. The van der Waals surface area contributed by atoms with Crippen molar-refractivity contribution < 1.29 is 33.7 Å².